The molecule has 3 nitrogen and oxygen atoms in total. The highest BCUT2D eigenvalue weighted by atomic mass is 19.3. The Morgan fingerprint density at radius 3 is 2.62 bits per heavy atom. The second-order valence-corrected chi connectivity index (χ2v) is 2.52. The minimum absolute atomic E-state index is 0.171. The molecular weight excluding hydrogens is 180 g/mol. The van der Waals surface area contributed by atoms with E-state index in [1.54, 1.807) is 0 Å². The second kappa shape index (κ2) is 3.55. The number of aromatic hydroxyl groups is 1. The Hall–Kier alpha value is -1.39. The first-order valence-corrected chi connectivity index (χ1v) is 3.59. The van der Waals surface area contributed by atoms with Crippen LogP contribution in [0, 0.1) is 6.92 Å². The van der Waals surface area contributed by atoms with Gasteiger partial charge in [-0.3, -0.25) is 0 Å². The highest BCUT2D eigenvalue weighted by molar-refractivity contribution is 5.41. The zero-order valence-electron chi connectivity index (χ0n) is 7.21. The fourth-order valence-corrected chi connectivity index (χ4v) is 0.915. The largest absolute Gasteiger partial charge is 0.503 e. The number of methoxy groups -OCH3 is 1. The van der Waals surface area contributed by atoms with Crippen LogP contribution in [0.5, 0.6) is 11.6 Å². The lowest BCUT2D eigenvalue weighted by molar-refractivity contribution is 0.144. The summed E-state index contributed by atoms with van der Waals surface area (Å²) in [4.78, 5) is 3.43. The number of alkyl halides is 2. The fraction of sp³-hybridized carbons (Fsp3) is 0.375. The molecule has 0 saturated carbocycles. The van der Waals surface area contributed by atoms with E-state index >= 15 is 0 Å². The van der Waals surface area contributed by atoms with Crippen molar-refractivity contribution in [3.63, 3.8) is 0 Å². The van der Waals surface area contributed by atoms with Crippen LogP contribution >= 0.6 is 0 Å². The van der Waals surface area contributed by atoms with Crippen LogP contribution in [0.1, 0.15) is 17.7 Å². The van der Waals surface area contributed by atoms with Crippen LogP contribution in [0.25, 0.3) is 0 Å². The Morgan fingerprint density at radius 2 is 2.15 bits per heavy atom. The van der Waals surface area contributed by atoms with Gasteiger partial charge in [0.1, 0.15) is 5.69 Å². The number of aryl methyl sites for hydroxylation is 1. The van der Waals surface area contributed by atoms with E-state index in [0.717, 1.165) is 6.07 Å². The van der Waals surface area contributed by atoms with Crippen LogP contribution in [-0.2, 0) is 0 Å². The maximum Gasteiger partial charge on any atom is 0.280 e. The predicted molar refractivity (Wildman–Crippen MR) is 42.1 cm³/mol. The van der Waals surface area contributed by atoms with Crippen LogP contribution in [0.4, 0.5) is 8.78 Å². The Morgan fingerprint density at radius 1 is 1.54 bits per heavy atom. The minimum Gasteiger partial charge on any atom is -0.503 e. The van der Waals surface area contributed by atoms with E-state index < -0.39 is 12.1 Å². The van der Waals surface area contributed by atoms with Crippen LogP contribution < -0.4 is 4.74 Å². The predicted octanol–water partition coefficient (Wildman–Crippen LogP) is 2.04. The lowest BCUT2D eigenvalue weighted by Gasteiger charge is -2.07. The molecule has 72 valence electrons. The summed E-state index contributed by atoms with van der Waals surface area (Å²) in [5.74, 6) is -0.373. The summed E-state index contributed by atoms with van der Waals surface area (Å²) in [7, 11) is 1.26. The van der Waals surface area contributed by atoms with Crippen LogP contribution in [-0.4, -0.2) is 17.2 Å². The topological polar surface area (TPSA) is 42.4 Å². The van der Waals surface area contributed by atoms with Crippen LogP contribution in [0.2, 0.25) is 0 Å². The van der Waals surface area contributed by atoms with E-state index in [2.05, 4.69) is 9.72 Å². The molecule has 0 atom stereocenters. The van der Waals surface area contributed by atoms with Crippen molar-refractivity contribution in [3.8, 4) is 11.6 Å². The van der Waals surface area contributed by atoms with Crippen molar-refractivity contribution in [2.75, 3.05) is 7.11 Å². The van der Waals surface area contributed by atoms with Gasteiger partial charge >= 0.3 is 0 Å². The summed E-state index contributed by atoms with van der Waals surface area (Å²) >= 11 is 0. The van der Waals surface area contributed by atoms with Gasteiger partial charge in [0.2, 0.25) is 0 Å². The molecule has 0 unspecified atom stereocenters. The maximum absolute atomic E-state index is 12.2. The average molecular weight is 189 g/mol. The molecule has 0 bridgehead atoms. The number of halogens is 2. The number of nitrogens with zero attached hydrogens (tertiary/aromatic N) is 1. The van der Waals surface area contributed by atoms with Gasteiger partial charge in [0.05, 0.1) is 7.11 Å². The molecule has 0 aliphatic heterocycles. The molecule has 0 spiro atoms. The third-order valence-electron chi connectivity index (χ3n) is 1.59. The molecule has 5 heteroatoms. The molecule has 0 fully saturated rings. The molecule has 1 rings (SSSR count). The molecular formula is C8H9F2NO2. The lowest BCUT2D eigenvalue weighted by Crippen LogP contribution is -1.96. The summed E-state index contributed by atoms with van der Waals surface area (Å²) in [5, 5.41) is 9.27. The summed E-state index contributed by atoms with van der Waals surface area (Å²) < 4.78 is 29.0. The highest BCUT2D eigenvalue weighted by Crippen LogP contribution is 2.30. The Kier molecular flexibility index (Phi) is 2.65. The van der Waals surface area contributed by atoms with Crippen molar-refractivity contribution in [1.82, 2.24) is 4.98 Å². The van der Waals surface area contributed by atoms with Gasteiger partial charge in [-0.25, -0.2) is 13.8 Å². The number of rotatable bonds is 2. The maximum atomic E-state index is 12.2. The van der Waals surface area contributed by atoms with Crippen molar-refractivity contribution < 1.29 is 18.6 Å². The molecule has 0 amide bonds. The molecule has 0 aliphatic rings. The van der Waals surface area contributed by atoms with Gasteiger partial charge in [-0.05, 0) is 18.6 Å². The number of ether oxygens (including phenoxy) is 1. The first-order valence-electron chi connectivity index (χ1n) is 3.59. The van der Waals surface area contributed by atoms with Crippen LogP contribution in [0.3, 0.4) is 0 Å². The molecule has 1 heterocycles. The monoisotopic (exact) mass is 189 g/mol. The molecule has 0 aliphatic carbocycles. The summed E-state index contributed by atoms with van der Waals surface area (Å²) in [6, 6.07) is 1.13. The Balaban J connectivity index is 3.22. The lowest BCUT2D eigenvalue weighted by atomic mass is 10.2. The van der Waals surface area contributed by atoms with Crippen LogP contribution in [0.15, 0.2) is 6.07 Å². The van der Waals surface area contributed by atoms with Crippen molar-refractivity contribution in [2.45, 2.75) is 13.3 Å². The van der Waals surface area contributed by atoms with Gasteiger partial charge in [0.25, 0.3) is 12.3 Å². The molecule has 0 radical (unpaired) electrons. The van der Waals surface area contributed by atoms with Gasteiger partial charge in [-0.15, -0.1) is 0 Å². The quantitative estimate of drug-likeness (QED) is 0.774. The molecule has 0 aromatic carbocycles. The average Bonchev–Trinajstić information content (AvgIpc) is 2.09. The molecule has 1 aromatic heterocycles. The second-order valence-electron chi connectivity index (χ2n) is 2.52. The normalized spacial score (nSPS) is 10.5. The van der Waals surface area contributed by atoms with Gasteiger partial charge in [0, 0.05) is 0 Å². The standard InChI is InChI=1S/C8H9F2NO2/c1-4-3-5(7(9)10)11-8(13-2)6(4)12/h3,7,12H,1-2H3. The molecule has 13 heavy (non-hydrogen) atoms. The number of hydrogen-bond acceptors (Lipinski definition) is 3. The Bertz CT molecular complexity index is 315. The molecule has 0 saturated heterocycles. The third kappa shape index (κ3) is 1.85. The summed E-state index contributed by atoms with van der Waals surface area (Å²) in [6.07, 6.45) is -2.66. The van der Waals surface area contributed by atoms with E-state index in [0.29, 0.717) is 5.56 Å². The van der Waals surface area contributed by atoms with E-state index in [1.165, 1.54) is 14.0 Å². The van der Waals surface area contributed by atoms with E-state index in [9.17, 15) is 13.9 Å². The summed E-state index contributed by atoms with van der Waals surface area (Å²) in [6.45, 7) is 1.51. The van der Waals surface area contributed by atoms with E-state index in [1.807, 2.05) is 0 Å². The summed E-state index contributed by atoms with van der Waals surface area (Å²) in [5.41, 5.74) is -0.0747. The first-order chi connectivity index (χ1) is 6.06. The number of aromatic nitrogens is 1. The van der Waals surface area contributed by atoms with Gasteiger partial charge < -0.3 is 9.84 Å². The highest BCUT2D eigenvalue weighted by Gasteiger charge is 2.15. The zero-order valence-corrected chi connectivity index (χ0v) is 7.21. The Labute approximate surface area is 74.0 Å². The van der Waals surface area contributed by atoms with Crippen molar-refractivity contribution in [1.29, 1.82) is 0 Å². The number of hydrogen-bond donors (Lipinski definition) is 1. The zero-order chi connectivity index (χ0) is 10.0. The van der Waals surface area contributed by atoms with Gasteiger partial charge in [0.15, 0.2) is 5.75 Å². The van der Waals surface area contributed by atoms with Crippen molar-refractivity contribution in [2.24, 2.45) is 0 Å². The SMILES string of the molecule is COc1nc(C(F)F)cc(C)c1O. The molecule has 1 aromatic rings. The van der Waals surface area contributed by atoms with Gasteiger partial charge in [-0.2, -0.15) is 0 Å². The smallest absolute Gasteiger partial charge is 0.280 e. The van der Waals surface area contributed by atoms with Crippen molar-refractivity contribution in [3.05, 3.63) is 17.3 Å². The molecule has 1 N–H and O–H groups in total. The van der Waals surface area contributed by atoms with E-state index in [4.69, 9.17) is 0 Å². The fourth-order valence-electron chi connectivity index (χ4n) is 0.915. The third-order valence-corrected chi connectivity index (χ3v) is 1.59. The van der Waals surface area contributed by atoms with Gasteiger partial charge in [-0.1, -0.05) is 0 Å². The number of pyridine rings is 1. The van der Waals surface area contributed by atoms with Crippen molar-refractivity contribution >= 4 is 0 Å². The minimum atomic E-state index is -2.66. The first kappa shape index (κ1) is 9.70. The van der Waals surface area contributed by atoms with E-state index in [-0.39, 0.29) is 11.6 Å².